The highest BCUT2D eigenvalue weighted by molar-refractivity contribution is 5.96. The number of para-hydroxylation sites is 1. The van der Waals surface area contributed by atoms with Gasteiger partial charge in [-0.05, 0) is 52.4 Å². The molecule has 0 aliphatic heterocycles. The molecule has 0 aliphatic carbocycles. The van der Waals surface area contributed by atoms with Gasteiger partial charge >= 0.3 is 0 Å². The number of rotatable bonds is 7. The zero-order valence-corrected chi connectivity index (χ0v) is 16.4. The predicted molar refractivity (Wildman–Crippen MR) is 111 cm³/mol. The van der Waals surface area contributed by atoms with Crippen molar-refractivity contribution in [1.29, 1.82) is 0 Å². The number of benzene rings is 2. The highest BCUT2D eigenvalue weighted by atomic mass is 16.5. The predicted octanol–water partition coefficient (Wildman–Crippen LogP) is 2.71. The van der Waals surface area contributed by atoms with E-state index in [2.05, 4.69) is 25.8 Å². The van der Waals surface area contributed by atoms with Crippen molar-refractivity contribution in [2.75, 3.05) is 13.7 Å². The number of pyridine rings is 1. The van der Waals surface area contributed by atoms with Gasteiger partial charge in [0, 0.05) is 36.0 Å². The van der Waals surface area contributed by atoms with E-state index in [0.717, 1.165) is 16.8 Å². The summed E-state index contributed by atoms with van der Waals surface area (Å²) in [6.45, 7) is 0.481. The number of carbonyl (C=O) groups excluding carboxylic acids is 1. The highest BCUT2D eigenvalue weighted by Gasteiger charge is 2.14. The molecule has 1 N–H and O–H groups in total. The molecule has 0 saturated carbocycles. The van der Waals surface area contributed by atoms with Crippen LogP contribution in [-0.4, -0.2) is 44.8 Å². The molecule has 0 unspecified atom stereocenters. The topological polar surface area (TPSA) is 94.8 Å². The maximum atomic E-state index is 12.9. The van der Waals surface area contributed by atoms with Crippen molar-refractivity contribution >= 4 is 5.91 Å². The Hall–Kier alpha value is -4.07. The second-order valence-electron chi connectivity index (χ2n) is 6.55. The lowest BCUT2D eigenvalue weighted by Gasteiger charge is -2.12. The van der Waals surface area contributed by atoms with Crippen LogP contribution in [0.25, 0.3) is 16.8 Å². The molecule has 2 aromatic heterocycles. The largest absolute Gasteiger partial charge is 0.496 e. The van der Waals surface area contributed by atoms with Gasteiger partial charge in [0.05, 0.1) is 12.8 Å². The molecule has 2 aromatic carbocycles. The minimum Gasteiger partial charge on any atom is -0.496 e. The Balaban J connectivity index is 1.63. The van der Waals surface area contributed by atoms with Crippen LogP contribution in [0.2, 0.25) is 0 Å². The summed E-state index contributed by atoms with van der Waals surface area (Å²) >= 11 is 0. The van der Waals surface area contributed by atoms with E-state index in [0.29, 0.717) is 30.0 Å². The lowest BCUT2D eigenvalue weighted by Crippen LogP contribution is -2.26. The normalized spacial score (nSPS) is 10.6. The molecule has 0 saturated heterocycles. The molecule has 0 aliphatic rings. The van der Waals surface area contributed by atoms with E-state index in [-0.39, 0.29) is 5.91 Å². The Bertz CT molecular complexity index is 1130. The lowest BCUT2D eigenvalue weighted by molar-refractivity contribution is 0.0954. The molecule has 150 valence electrons. The summed E-state index contributed by atoms with van der Waals surface area (Å²) in [5.41, 5.74) is 3.81. The van der Waals surface area contributed by atoms with Crippen LogP contribution in [0.3, 0.4) is 0 Å². The molecule has 30 heavy (non-hydrogen) atoms. The molecule has 8 heteroatoms. The van der Waals surface area contributed by atoms with Crippen LogP contribution in [0.1, 0.15) is 16.1 Å². The van der Waals surface area contributed by atoms with Crippen LogP contribution in [0.15, 0.2) is 73.2 Å². The van der Waals surface area contributed by atoms with Crippen molar-refractivity contribution in [2.45, 2.75) is 6.42 Å². The van der Waals surface area contributed by atoms with E-state index in [1.807, 2.05) is 54.6 Å². The van der Waals surface area contributed by atoms with Gasteiger partial charge in [0.1, 0.15) is 12.1 Å². The van der Waals surface area contributed by atoms with Gasteiger partial charge in [-0.25, -0.2) is 4.68 Å². The number of hydrogen-bond donors (Lipinski definition) is 1. The highest BCUT2D eigenvalue weighted by Crippen LogP contribution is 2.31. The molecule has 0 bridgehead atoms. The van der Waals surface area contributed by atoms with E-state index < -0.39 is 0 Å². The van der Waals surface area contributed by atoms with Gasteiger partial charge in [-0.1, -0.05) is 24.3 Å². The van der Waals surface area contributed by atoms with Crippen LogP contribution in [0, 0.1) is 0 Å². The van der Waals surface area contributed by atoms with Crippen molar-refractivity contribution in [3.8, 4) is 22.6 Å². The van der Waals surface area contributed by atoms with Crippen molar-refractivity contribution in [3.05, 3.63) is 84.4 Å². The van der Waals surface area contributed by atoms with Crippen LogP contribution < -0.4 is 10.1 Å². The van der Waals surface area contributed by atoms with Crippen molar-refractivity contribution in [1.82, 2.24) is 30.5 Å². The fraction of sp³-hybridized carbons (Fsp3) is 0.136. The molecule has 4 aromatic rings. The van der Waals surface area contributed by atoms with Crippen LogP contribution in [-0.2, 0) is 6.42 Å². The molecule has 8 nitrogen and oxygen atoms in total. The third kappa shape index (κ3) is 4.33. The molecule has 0 fully saturated rings. The number of nitrogens with zero attached hydrogens (tertiary/aromatic N) is 5. The number of carbonyl (C=O) groups is 1. The van der Waals surface area contributed by atoms with Gasteiger partial charge in [0.15, 0.2) is 0 Å². The number of nitrogens with one attached hydrogen (secondary N) is 1. The van der Waals surface area contributed by atoms with E-state index in [1.165, 1.54) is 11.0 Å². The third-order valence-electron chi connectivity index (χ3n) is 4.60. The number of aromatic nitrogens is 5. The monoisotopic (exact) mass is 400 g/mol. The van der Waals surface area contributed by atoms with Gasteiger partial charge in [-0.2, -0.15) is 0 Å². The zero-order chi connectivity index (χ0) is 20.8. The second-order valence-corrected chi connectivity index (χ2v) is 6.55. The standard InChI is InChI=1S/C22H20N6O2/c1-30-21-8-3-2-7-20(21)16-12-17(14-19(13-16)28-15-25-26-27-28)22(29)24-11-9-18-6-4-5-10-23-18/h2-8,10,12-15H,9,11H2,1H3,(H,24,29). The maximum Gasteiger partial charge on any atom is 0.251 e. The molecule has 0 spiro atoms. The van der Waals surface area contributed by atoms with Crippen molar-refractivity contribution in [3.63, 3.8) is 0 Å². The second kappa shape index (κ2) is 8.95. The Morgan fingerprint density at radius 1 is 1.10 bits per heavy atom. The summed E-state index contributed by atoms with van der Waals surface area (Å²) < 4.78 is 7.01. The molecule has 0 atom stereocenters. The number of tetrazole rings is 1. The number of methoxy groups -OCH3 is 1. The Kier molecular flexibility index (Phi) is 5.75. The molecular formula is C22H20N6O2. The van der Waals surface area contributed by atoms with Gasteiger partial charge in [-0.15, -0.1) is 5.10 Å². The first-order valence-corrected chi connectivity index (χ1v) is 9.44. The van der Waals surface area contributed by atoms with Crippen molar-refractivity contribution < 1.29 is 9.53 Å². The number of amides is 1. The summed E-state index contributed by atoms with van der Waals surface area (Å²) in [5, 5.41) is 14.3. The minimum atomic E-state index is -0.183. The van der Waals surface area contributed by atoms with Gasteiger partial charge in [-0.3, -0.25) is 9.78 Å². The van der Waals surface area contributed by atoms with E-state index in [9.17, 15) is 4.79 Å². The Labute approximate surface area is 173 Å². The quantitative estimate of drug-likeness (QED) is 0.513. The molecule has 0 radical (unpaired) electrons. The summed E-state index contributed by atoms with van der Waals surface area (Å²) in [4.78, 5) is 17.1. The van der Waals surface area contributed by atoms with Gasteiger partial charge < -0.3 is 10.1 Å². The molecular weight excluding hydrogens is 380 g/mol. The SMILES string of the molecule is COc1ccccc1-c1cc(C(=O)NCCc2ccccn2)cc(-n2cnnn2)c1. The minimum absolute atomic E-state index is 0.183. The van der Waals surface area contributed by atoms with Crippen LogP contribution in [0.4, 0.5) is 0 Å². The first-order chi connectivity index (χ1) is 14.7. The summed E-state index contributed by atoms with van der Waals surface area (Å²) in [5.74, 6) is 0.532. The lowest BCUT2D eigenvalue weighted by atomic mass is 10.0. The van der Waals surface area contributed by atoms with E-state index in [1.54, 1.807) is 19.4 Å². The molecule has 1 amide bonds. The maximum absolute atomic E-state index is 12.9. The first kappa shape index (κ1) is 19.3. The van der Waals surface area contributed by atoms with Gasteiger partial charge in [0.25, 0.3) is 5.91 Å². The first-order valence-electron chi connectivity index (χ1n) is 9.44. The zero-order valence-electron chi connectivity index (χ0n) is 16.4. The smallest absolute Gasteiger partial charge is 0.251 e. The Morgan fingerprint density at radius 3 is 2.73 bits per heavy atom. The third-order valence-corrected chi connectivity index (χ3v) is 4.60. The van der Waals surface area contributed by atoms with E-state index >= 15 is 0 Å². The van der Waals surface area contributed by atoms with Crippen LogP contribution in [0.5, 0.6) is 5.75 Å². The van der Waals surface area contributed by atoms with Crippen LogP contribution >= 0.6 is 0 Å². The van der Waals surface area contributed by atoms with Gasteiger partial charge in [0.2, 0.25) is 0 Å². The summed E-state index contributed by atoms with van der Waals surface area (Å²) in [6, 6.07) is 18.9. The number of hydrogen-bond acceptors (Lipinski definition) is 6. The fourth-order valence-electron chi connectivity index (χ4n) is 3.14. The van der Waals surface area contributed by atoms with E-state index in [4.69, 9.17) is 4.74 Å². The Morgan fingerprint density at radius 2 is 1.97 bits per heavy atom. The molecule has 4 rings (SSSR count). The average Bonchev–Trinajstić information content (AvgIpc) is 3.34. The summed E-state index contributed by atoms with van der Waals surface area (Å²) in [7, 11) is 1.62. The molecule has 2 heterocycles. The van der Waals surface area contributed by atoms with Crippen molar-refractivity contribution in [2.24, 2.45) is 0 Å². The number of ether oxygens (including phenoxy) is 1. The summed E-state index contributed by atoms with van der Waals surface area (Å²) in [6.07, 6.45) is 3.88. The average molecular weight is 400 g/mol. The fourth-order valence-corrected chi connectivity index (χ4v) is 3.14.